The quantitative estimate of drug-likeness (QED) is 0.0808. The van der Waals surface area contributed by atoms with Crippen LogP contribution in [-0.4, -0.2) is 76.6 Å². The van der Waals surface area contributed by atoms with Crippen molar-refractivity contribution in [3.63, 3.8) is 0 Å². The molecule has 2 saturated carbocycles. The van der Waals surface area contributed by atoms with Gasteiger partial charge in [0.1, 0.15) is 34.0 Å². The summed E-state index contributed by atoms with van der Waals surface area (Å²) in [5, 5.41) is 19.8. The van der Waals surface area contributed by atoms with Gasteiger partial charge in [-0.25, -0.2) is 19.2 Å². The molecule has 0 radical (unpaired) electrons. The summed E-state index contributed by atoms with van der Waals surface area (Å²) in [5.41, 5.74) is 2.36. The lowest BCUT2D eigenvalue weighted by atomic mass is 10.1. The molecule has 4 aliphatic rings. The Morgan fingerprint density at radius 2 is 1.51 bits per heavy atom. The molecule has 2 saturated heterocycles. The van der Waals surface area contributed by atoms with Gasteiger partial charge < -0.3 is 15.4 Å². The minimum Gasteiger partial charge on any atom is -0.443 e. The molecule has 5 aromatic rings. The molecule has 0 bridgehead atoms. The first-order valence-corrected chi connectivity index (χ1v) is 19.4. The smallest absolute Gasteiger partial charge is 0.416 e. The molecule has 9 rings (SSSR count). The molecule has 17 nitrogen and oxygen atoms in total. The molecular formula is C39H36Cl2FN11O6. The lowest BCUT2D eigenvalue weighted by Gasteiger charge is -2.27. The Kier molecular flexibility index (Phi) is 10.3. The van der Waals surface area contributed by atoms with Gasteiger partial charge in [0.25, 0.3) is 11.8 Å². The first-order valence-electron chi connectivity index (χ1n) is 18.6. The van der Waals surface area contributed by atoms with E-state index in [-0.39, 0.29) is 40.9 Å². The Labute approximate surface area is 345 Å². The van der Waals surface area contributed by atoms with E-state index in [0.717, 1.165) is 25.7 Å². The molecule has 0 unspecified atom stereocenters. The van der Waals surface area contributed by atoms with Gasteiger partial charge >= 0.3 is 6.09 Å². The minimum absolute atomic E-state index is 0.00393. The number of carbonyl (C=O) groups excluding carboxylic acids is 5. The molecule has 5 amide bonds. The lowest BCUT2D eigenvalue weighted by molar-refractivity contribution is -0.125. The number of ether oxygens (including phenoxy) is 1. The number of nitrogens with zero attached hydrogens (tertiary/aromatic N) is 7. The number of carbonyl (C=O) groups is 5. The van der Waals surface area contributed by atoms with Crippen LogP contribution >= 0.6 is 23.2 Å². The summed E-state index contributed by atoms with van der Waals surface area (Å²) in [5.74, 6) is -0.510. The standard InChI is InChI=1S/C20H16ClFN6O2.C19H20ClN5O4/c21-18-13(22)2-1-3-14(18)25-15-8-16(24-12-4-5-12)28-19(26-15)11(9-23-28)6-10-7-17(29)27-20(10)30;1-19(2,3)29-18(28)24(12-4-5-12)15-8-13(20)22-16-11(9-21-25(15)16)6-10-7-14(26)23-17(10)27/h1-3,6,8-9,12,24H,4-5,7H2,(H,25,26)(H,27,29,30);6,8-9,12H,4-5,7H2,1-3H3,(H,23,26,27)/b2*10-6+. The van der Waals surface area contributed by atoms with Crippen LogP contribution in [0.1, 0.15) is 70.4 Å². The molecule has 6 heterocycles. The lowest BCUT2D eigenvalue weighted by Crippen LogP contribution is -2.39. The third-order valence-electron chi connectivity index (χ3n) is 9.29. The Balaban J connectivity index is 0.000000164. The van der Waals surface area contributed by atoms with Crippen molar-refractivity contribution in [3.8, 4) is 0 Å². The van der Waals surface area contributed by atoms with Gasteiger partial charge in [-0.3, -0.25) is 34.7 Å². The first-order chi connectivity index (χ1) is 28.1. The van der Waals surface area contributed by atoms with Gasteiger partial charge in [-0.2, -0.15) is 19.2 Å². The summed E-state index contributed by atoms with van der Waals surface area (Å²) >= 11 is 12.3. The van der Waals surface area contributed by atoms with E-state index >= 15 is 0 Å². The topological polar surface area (TPSA) is 206 Å². The summed E-state index contributed by atoms with van der Waals surface area (Å²) in [6.07, 6.45) is 9.61. The Hall–Kier alpha value is -6.40. The number of anilines is 4. The number of aromatic nitrogens is 6. The van der Waals surface area contributed by atoms with E-state index in [0.29, 0.717) is 62.8 Å². The number of nitrogens with one attached hydrogen (secondary N) is 4. The second-order valence-corrected chi connectivity index (χ2v) is 16.1. The Morgan fingerprint density at radius 1 is 0.898 bits per heavy atom. The van der Waals surface area contributed by atoms with Crippen molar-refractivity contribution in [2.24, 2.45) is 0 Å². The highest BCUT2D eigenvalue weighted by Crippen LogP contribution is 2.35. The maximum atomic E-state index is 13.8. The third-order valence-corrected chi connectivity index (χ3v) is 9.87. The molecule has 2 aliphatic heterocycles. The fourth-order valence-corrected chi connectivity index (χ4v) is 6.67. The summed E-state index contributed by atoms with van der Waals surface area (Å²) in [4.78, 5) is 70.0. The van der Waals surface area contributed by atoms with Crippen LogP contribution in [0.4, 0.5) is 32.3 Å². The number of hydrogen-bond donors (Lipinski definition) is 4. The van der Waals surface area contributed by atoms with Crippen molar-refractivity contribution in [1.29, 1.82) is 0 Å². The zero-order valence-corrected chi connectivity index (χ0v) is 33.3. The van der Waals surface area contributed by atoms with Gasteiger partial charge in [-0.15, -0.1) is 0 Å². The highest BCUT2D eigenvalue weighted by Gasteiger charge is 2.38. The molecule has 59 heavy (non-hydrogen) atoms. The van der Waals surface area contributed by atoms with Crippen molar-refractivity contribution in [2.75, 3.05) is 15.5 Å². The highest BCUT2D eigenvalue weighted by atomic mass is 35.5. The number of fused-ring (bicyclic) bond motifs is 2. The number of halogens is 3. The van der Waals surface area contributed by atoms with Crippen LogP contribution in [0.5, 0.6) is 0 Å². The summed E-state index contributed by atoms with van der Waals surface area (Å²) in [6, 6.07) is 8.16. The van der Waals surface area contributed by atoms with Gasteiger partial charge in [0.15, 0.2) is 11.3 Å². The molecule has 1 aromatic carbocycles. The number of rotatable bonds is 8. The van der Waals surface area contributed by atoms with Crippen LogP contribution in [0, 0.1) is 5.82 Å². The second kappa shape index (κ2) is 15.4. The number of hydrogen-bond acceptors (Lipinski definition) is 12. The molecule has 20 heteroatoms. The van der Waals surface area contributed by atoms with E-state index in [2.05, 4.69) is 41.4 Å². The average molecular weight is 845 g/mol. The van der Waals surface area contributed by atoms with Gasteiger partial charge in [0, 0.05) is 46.5 Å². The van der Waals surface area contributed by atoms with Crippen LogP contribution < -0.4 is 26.2 Å². The van der Waals surface area contributed by atoms with Crippen LogP contribution in [0.2, 0.25) is 10.2 Å². The van der Waals surface area contributed by atoms with Crippen LogP contribution in [0.25, 0.3) is 23.4 Å². The molecule has 4 fully saturated rings. The fraction of sp³-hybridized carbons (Fsp3) is 0.308. The van der Waals surface area contributed by atoms with Crippen LogP contribution in [0.15, 0.2) is 53.9 Å². The molecule has 0 atom stereocenters. The zero-order valence-electron chi connectivity index (χ0n) is 31.8. The van der Waals surface area contributed by atoms with Crippen molar-refractivity contribution in [2.45, 2.75) is 77.0 Å². The van der Waals surface area contributed by atoms with Crippen LogP contribution in [0.3, 0.4) is 0 Å². The highest BCUT2D eigenvalue weighted by molar-refractivity contribution is 6.33. The van der Waals surface area contributed by atoms with Crippen molar-refractivity contribution in [1.82, 2.24) is 39.8 Å². The monoisotopic (exact) mass is 843 g/mol. The van der Waals surface area contributed by atoms with E-state index in [9.17, 15) is 28.4 Å². The Morgan fingerprint density at radius 3 is 2.07 bits per heavy atom. The van der Waals surface area contributed by atoms with Gasteiger partial charge in [-0.1, -0.05) is 29.3 Å². The normalized spacial score (nSPS) is 18.0. The Bertz CT molecular complexity index is 2660. The molecule has 2 aliphatic carbocycles. The van der Waals surface area contributed by atoms with Crippen molar-refractivity contribution < 1.29 is 33.1 Å². The summed E-state index contributed by atoms with van der Waals surface area (Å²) in [6.45, 7) is 5.41. The first kappa shape index (κ1) is 39.4. The second-order valence-electron chi connectivity index (χ2n) is 15.3. The predicted octanol–water partition coefficient (Wildman–Crippen LogP) is 5.99. The van der Waals surface area contributed by atoms with Crippen molar-refractivity contribution >= 4 is 99.5 Å². The van der Waals surface area contributed by atoms with E-state index in [1.54, 1.807) is 72.8 Å². The number of imide groups is 2. The maximum absolute atomic E-state index is 13.8. The zero-order chi connectivity index (χ0) is 41.7. The molecule has 4 aromatic heterocycles. The summed E-state index contributed by atoms with van der Waals surface area (Å²) in [7, 11) is 0. The minimum atomic E-state index is -0.651. The molecule has 4 N–H and O–H groups in total. The average Bonchev–Trinajstić information content (AvgIpc) is 4.03. The van der Waals surface area contributed by atoms with E-state index in [1.807, 2.05) is 0 Å². The van der Waals surface area contributed by atoms with Gasteiger partial charge in [0.05, 0.1) is 35.9 Å². The molecular weight excluding hydrogens is 808 g/mol. The van der Waals surface area contributed by atoms with E-state index < -0.39 is 29.3 Å². The van der Waals surface area contributed by atoms with E-state index in [1.165, 1.54) is 16.8 Å². The van der Waals surface area contributed by atoms with Crippen LogP contribution in [-0.2, 0) is 23.9 Å². The fourth-order valence-electron chi connectivity index (χ4n) is 6.32. The largest absolute Gasteiger partial charge is 0.443 e. The third kappa shape index (κ3) is 8.73. The number of amides is 5. The predicted molar refractivity (Wildman–Crippen MR) is 216 cm³/mol. The van der Waals surface area contributed by atoms with E-state index in [4.69, 9.17) is 27.9 Å². The van der Waals surface area contributed by atoms with Gasteiger partial charge in [0.2, 0.25) is 11.8 Å². The maximum Gasteiger partial charge on any atom is 0.416 e. The SMILES string of the molecule is CC(C)(C)OC(=O)N(c1cc(Cl)nc2c(/C=C3\CC(=O)NC3=O)cnn12)C1CC1.O=C1C/C(=C\c2cnn3c(NC4CC4)cc(Nc4cccc(F)c4Cl)nc23)C(=O)N1. The number of benzene rings is 1. The summed E-state index contributed by atoms with van der Waals surface area (Å²) < 4.78 is 22.5. The molecule has 0 spiro atoms. The molecule has 304 valence electrons. The van der Waals surface area contributed by atoms with Crippen molar-refractivity contribution in [3.05, 3.63) is 81.0 Å². The van der Waals surface area contributed by atoms with Gasteiger partial charge in [-0.05, 0) is 70.7 Å².